The molecule has 0 aromatic heterocycles. The van der Waals surface area contributed by atoms with E-state index in [-0.39, 0.29) is 0 Å². The molecule has 2 rings (SSSR count). The minimum Gasteiger partial charge on any atom is -0.343 e. The molecule has 0 unspecified atom stereocenters. The van der Waals surface area contributed by atoms with Crippen LogP contribution in [0.15, 0.2) is 0 Å². The Morgan fingerprint density at radius 1 is 0.833 bits per heavy atom. The molecule has 0 atom stereocenters. The summed E-state index contributed by atoms with van der Waals surface area (Å²) in [6, 6.07) is 0. The normalized spacial score (nSPS) is 18.9. The molecule has 2 amide bonds. The summed E-state index contributed by atoms with van der Waals surface area (Å²) >= 11 is 0. The maximum Gasteiger partial charge on any atom is 0.223 e. The van der Waals surface area contributed by atoms with Crippen LogP contribution in [0.1, 0.15) is 77.6 Å². The summed E-state index contributed by atoms with van der Waals surface area (Å²) in [6.45, 7) is 8.40. The third kappa shape index (κ3) is 8.93. The third-order valence-corrected chi connectivity index (χ3v) is 7.07. The van der Waals surface area contributed by atoms with Crippen molar-refractivity contribution in [3.05, 3.63) is 0 Å². The smallest absolute Gasteiger partial charge is 0.223 e. The Labute approximate surface area is 184 Å². The quantitative estimate of drug-likeness (QED) is 0.525. The molecule has 0 aromatic carbocycles. The first-order chi connectivity index (χ1) is 14.5. The van der Waals surface area contributed by atoms with Gasteiger partial charge in [-0.15, -0.1) is 0 Å². The highest BCUT2D eigenvalue weighted by atomic mass is 16.2. The van der Waals surface area contributed by atoms with Crippen LogP contribution >= 0.6 is 0 Å². The van der Waals surface area contributed by atoms with E-state index < -0.39 is 0 Å². The van der Waals surface area contributed by atoms with Gasteiger partial charge < -0.3 is 20.4 Å². The third-order valence-electron chi connectivity index (χ3n) is 7.07. The van der Waals surface area contributed by atoms with Crippen LogP contribution in [-0.4, -0.2) is 79.4 Å². The van der Waals surface area contributed by atoms with Gasteiger partial charge in [0, 0.05) is 45.6 Å². The molecule has 0 saturated carbocycles. The van der Waals surface area contributed by atoms with E-state index in [1.807, 2.05) is 0 Å². The summed E-state index contributed by atoms with van der Waals surface area (Å²) in [4.78, 5) is 30.8. The predicted octanol–water partition coefficient (Wildman–Crippen LogP) is 3.10. The molecule has 0 aliphatic carbocycles. The monoisotopic (exact) mass is 422 g/mol. The lowest BCUT2D eigenvalue weighted by atomic mass is 9.86. The van der Waals surface area contributed by atoms with E-state index in [4.69, 9.17) is 5.73 Å². The molecule has 2 N–H and O–H groups in total. The molecule has 30 heavy (non-hydrogen) atoms. The predicted molar refractivity (Wildman–Crippen MR) is 123 cm³/mol. The molecule has 2 heterocycles. The van der Waals surface area contributed by atoms with Crippen molar-refractivity contribution in [2.24, 2.45) is 17.6 Å². The minimum absolute atomic E-state index is 0.317. The van der Waals surface area contributed by atoms with Crippen molar-refractivity contribution in [1.82, 2.24) is 14.7 Å². The number of carbonyl (C=O) groups excluding carboxylic acids is 2. The zero-order valence-electron chi connectivity index (χ0n) is 19.6. The summed E-state index contributed by atoms with van der Waals surface area (Å²) in [5.74, 6) is 2.25. The molecule has 0 spiro atoms. The van der Waals surface area contributed by atoms with E-state index in [2.05, 4.69) is 28.7 Å². The number of nitrogens with zero attached hydrogens (tertiary/aromatic N) is 3. The molecule has 2 aliphatic rings. The maximum absolute atomic E-state index is 12.5. The number of hydrogen-bond donors (Lipinski definition) is 1. The van der Waals surface area contributed by atoms with Crippen molar-refractivity contribution in [3.8, 4) is 0 Å². The molecule has 6 nitrogen and oxygen atoms in total. The van der Waals surface area contributed by atoms with Crippen LogP contribution in [0.2, 0.25) is 0 Å². The van der Waals surface area contributed by atoms with Crippen LogP contribution in [-0.2, 0) is 9.59 Å². The molecule has 174 valence electrons. The van der Waals surface area contributed by atoms with Gasteiger partial charge in [-0.1, -0.05) is 26.2 Å². The SMILES string of the molecule is CCCC(=O)N1CCC(CCCC2CCN(C(=O)CCN(C)CCCN)CC2)CC1. The molecule has 2 saturated heterocycles. The van der Waals surface area contributed by atoms with Crippen LogP contribution in [0.25, 0.3) is 0 Å². The van der Waals surface area contributed by atoms with Crippen molar-refractivity contribution >= 4 is 11.8 Å². The van der Waals surface area contributed by atoms with Crippen LogP contribution in [0.4, 0.5) is 0 Å². The fraction of sp³-hybridized carbons (Fsp3) is 0.917. The molecule has 2 fully saturated rings. The highest BCUT2D eigenvalue weighted by Gasteiger charge is 2.24. The van der Waals surface area contributed by atoms with Gasteiger partial charge in [0.2, 0.25) is 11.8 Å². The molecule has 0 radical (unpaired) electrons. The number of carbonyl (C=O) groups is 2. The van der Waals surface area contributed by atoms with Crippen molar-refractivity contribution in [1.29, 1.82) is 0 Å². The van der Waals surface area contributed by atoms with Crippen LogP contribution in [0, 0.1) is 11.8 Å². The largest absolute Gasteiger partial charge is 0.343 e. The summed E-state index contributed by atoms with van der Waals surface area (Å²) < 4.78 is 0. The van der Waals surface area contributed by atoms with Gasteiger partial charge >= 0.3 is 0 Å². The van der Waals surface area contributed by atoms with Gasteiger partial charge in [-0.2, -0.15) is 0 Å². The first-order valence-corrected chi connectivity index (χ1v) is 12.5. The molecular weight excluding hydrogens is 376 g/mol. The number of nitrogens with two attached hydrogens (primary N) is 1. The number of piperidine rings is 2. The van der Waals surface area contributed by atoms with Crippen LogP contribution < -0.4 is 5.73 Å². The lowest BCUT2D eigenvalue weighted by Crippen LogP contribution is -2.40. The standard InChI is InChI=1S/C24H46N4O2/c1-3-6-23(29)27-17-9-21(10-18-27)7-4-8-22-11-19-28(20-12-22)24(30)13-16-26(2)15-5-14-25/h21-22H,3-20,25H2,1-2H3. The summed E-state index contributed by atoms with van der Waals surface area (Å²) in [5.41, 5.74) is 5.55. The Morgan fingerprint density at radius 3 is 1.80 bits per heavy atom. The first kappa shape index (κ1) is 25.1. The van der Waals surface area contributed by atoms with Gasteiger partial charge in [0.15, 0.2) is 0 Å². The highest BCUT2D eigenvalue weighted by Crippen LogP contribution is 2.27. The second kappa shape index (κ2) is 14.0. The lowest BCUT2D eigenvalue weighted by Gasteiger charge is -2.34. The molecular formula is C24H46N4O2. The number of amides is 2. The summed E-state index contributed by atoms with van der Waals surface area (Å²) in [5, 5.41) is 0. The zero-order valence-corrected chi connectivity index (χ0v) is 19.6. The number of likely N-dealkylation sites (tertiary alicyclic amines) is 2. The maximum atomic E-state index is 12.5. The Morgan fingerprint density at radius 2 is 1.33 bits per heavy atom. The number of hydrogen-bond acceptors (Lipinski definition) is 4. The molecule has 2 aliphatic heterocycles. The second-order valence-corrected chi connectivity index (χ2v) is 9.52. The average molecular weight is 423 g/mol. The first-order valence-electron chi connectivity index (χ1n) is 12.5. The molecule has 6 heteroatoms. The molecule has 0 aromatic rings. The van der Waals surface area contributed by atoms with E-state index in [0.29, 0.717) is 31.2 Å². The van der Waals surface area contributed by atoms with Gasteiger partial charge in [-0.05, 0) is 70.5 Å². The van der Waals surface area contributed by atoms with E-state index in [0.717, 1.165) is 63.9 Å². The van der Waals surface area contributed by atoms with Crippen LogP contribution in [0.3, 0.4) is 0 Å². The minimum atomic E-state index is 0.317. The Balaban J connectivity index is 1.53. The van der Waals surface area contributed by atoms with Gasteiger partial charge in [-0.25, -0.2) is 0 Å². The van der Waals surface area contributed by atoms with Crippen molar-refractivity contribution in [3.63, 3.8) is 0 Å². The fourth-order valence-electron chi connectivity index (χ4n) is 4.93. The van der Waals surface area contributed by atoms with Gasteiger partial charge in [-0.3, -0.25) is 9.59 Å². The number of rotatable bonds is 12. The van der Waals surface area contributed by atoms with Crippen LogP contribution in [0.5, 0.6) is 0 Å². The van der Waals surface area contributed by atoms with E-state index in [1.165, 1.54) is 44.9 Å². The lowest BCUT2D eigenvalue weighted by molar-refractivity contribution is -0.133. The van der Waals surface area contributed by atoms with E-state index in [9.17, 15) is 9.59 Å². The van der Waals surface area contributed by atoms with E-state index in [1.54, 1.807) is 0 Å². The van der Waals surface area contributed by atoms with Crippen molar-refractivity contribution < 1.29 is 9.59 Å². The fourth-order valence-corrected chi connectivity index (χ4v) is 4.93. The Kier molecular flexibility index (Phi) is 11.7. The zero-order chi connectivity index (χ0) is 21.8. The second-order valence-electron chi connectivity index (χ2n) is 9.52. The summed E-state index contributed by atoms with van der Waals surface area (Å²) in [6.07, 6.45) is 11.9. The molecule has 0 bridgehead atoms. The highest BCUT2D eigenvalue weighted by molar-refractivity contribution is 5.76. The Hall–Kier alpha value is -1.14. The summed E-state index contributed by atoms with van der Waals surface area (Å²) in [7, 11) is 2.07. The van der Waals surface area contributed by atoms with Crippen molar-refractivity contribution in [2.45, 2.75) is 77.6 Å². The van der Waals surface area contributed by atoms with E-state index >= 15 is 0 Å². The average Bonchev–Trinajstić information content (AvgIpc) is 2.77. The van der Waals surface area contributed by atoms with Crippen molar-refractivity contribution in [2.75, 3.05) is 52.9 Å². The van der Waals surface area contributed by atoms with Gasteiger partial charge in [0.1, 0.15) is 0 Å². The van der Waals surface area contributed by atoms with Gasteiger partial charge in [0.05, 0.1) is 0 Å². The topological polar surface area (TPSA) is 69.9 Å². The Bertz CT molecular complexity index is 497. The van der Waals surface area contributed by atoms with Gasteiger partial charge in [0.25, 0.3) is 0 Å².